The molecule has 2 aromatic carbocycles. The number of nitrogens with zero attached hydrogens (tertiary/aromatic N) is 1. The average molecular weight is 379 g/mol. The number of hydrogen-bond donors (Lipinski definition) is 1. The number of carbonyl (C=O) groups is 1. The third-order valence-corrected chi connectivity index (χ3v) is 5.17. The molecule has 0 saturated heterocycles. The van der Waals surface area contributed by atoms with Gasteiger partial charge in [0.05, 0.1) is 4.92 Å². The molecule has 112 valence electrons. The minimum absolute atomic E-state index is 0.0758. The third-order valence-electron chi connectivity index (χ3n) is 3.53. The summed E-state index contributed by atoms with van der Waals surface area (Å²) < 4.78 is 0.849. The van der Waals surface area contributed by atoms with Gasteiger partial charge in [0.1, 0.15) is 10.9 Å². The maximum Gasteiger partial charge on any atom is 0.293 e. The molecule has 7 heteroatoms. The Morgan fingerprint density at radius 1 is 1.32 bits per heavy atom. The number of nitro benzene ring substituents is 1. The second-order valence-corrected chi connectivity index (χ2v) is 6.60. The molecule has 1 aliphatic rings. The Bertz CT molecular complexity index is 794. The summed E-state index contributed by atoms with van der Waals surface area (Å²) in [6.45, 7) is 0. The van der Waals surface area contributed by atoms with Crippen LogP contribution in [0.1, 0.15) is 10.8 Å². The van der Waals surface area contributed by atoms with Crippen molar-refractivity contribution in [1.82, 2.24) is 0 Å². The Hall–Kier alpha value is -1.86. The van der Waals surface area contributed by atoms with Crippen LogP contribution >= 0.6 is 27.7 Å². The van der Waals surface area contributed by atoms with Gasteiger partial charge >= 0.3 is 0 Å². The molecule has 0 bridgehead atoms. The summed E-state index contributed by atoms with van der Waals surface area (Å²) in [6.07, 6.45) is 1.82. The topological polar surface area (TPSA) is 72.2 Å². The average Bonchev–Trinajstić information content (AvgIpc) is 2.81. The zero-order valence-electron chi connectivity index (χ0n) is 11.5. The molecule has 0 aliphatic carbocycles. The zero-order chi connectivity index (χ0) is 15.9. The highest BCUT2D eigenvalue weighted by Gasteiger charge is 2.36. The molecule has 3 rings (SSSR count). The van der Waals surface area contributed by atoms with Crippen LogP contribution in [0.3, 0.4) is 0 Å². The number of benzene rings is 2. The number of fused-ring (bicyclic) bond motifs is 1. The molecule has 1 N–H and O–H groups in total. The van der Waals surface area contributed by atoms with E-state index in [-0.39, 0.29) is 11.6 Å². The third kappa shape index (κ3) is 2.40. The number of halogens is 1. The first kappa shape index (κ1) is 15.1. The molecule has 0 saturated carbocycles. The molecule has 1 amide bonds. The first-order valence-electron chi connectivity index (χ1n) is 6.44. The largest absolute Gasteiger partial charge is 0.319 e. The summed E-state index contributed by atoms with van der Waals surface area (Å²) in [7, 11) is 0. The predicted octanol–water partition coefficient (Wildman–Crippen LogP) is 4.38. The molecule has 1 heterocycles. The van der Waals surface area contributed by atoms with Gasteiger partial charge in [-0.3, -0.25) is 14.9 Å². The zero-order valence-corrected chi connectivity index (χ0v) is 13.9. The fraction of sp³-hybridized carbons (Fsp3) is 0.133. The van der Waals surface area contributed by atoms with Crippen LogP contribution in [-0.2, 0) is 4.79 Å². The molecule has 0 aromatic heterocycles. The molecule has 1 unspecified atom stereocenters. The van der Waals surface area contributed by atoms with Crippen molar-refractivity contribution in [2.75, 3.05) is 11.6 Å². The summed E-state index contributed by atoms with van der Waals surface area (Å²) in [6, 6.07) is 10.9. The number of rotatable bonds is 3. The van der Waals surface area contributed by atoms with E-state index in [1.807, 2.05) is 36.6 Å². The first-order chi connectivity index (χ1) is 10.5. The van der Waals surface area contributed by atoms with Gasteiger partial charge in [-0.2, -0.15) is 0 Å². The van der Waals surface area contributed by atoms with Crippen molar-refractivity contribution in [1.29, 1.82) is 0 Å². The Kier molecular flexibility index (Phi) is 3.92. The van der Waals surface area contributed by atoms with Crippen molar-refractivity contribution in [3.8, 4) is 11.1 Å². The van der Waals surface area contributed by atoms with E-state index in [1.165, 1.54) is 17.8 Å². The summed E-state index contributed by atoms with van der Waals surface area (Å²) in [4.78, 5) is 22.9. The lowest BCUT2D eigenvalue weighted by Gasteiger charge is -2.10. The van der Waals surface area contributed by atoms with Crippen molar-refractivity contribution in [2.24, 2.45) is 0 Å². The van der Waals surface area contributed by atoms with Gasteiger partial charge in [0.25, 0.3) is 5.69 Å². The van der Waals surface area contributed by atoms with E-state index in [0.717, 1.165) is 10.0 Å². The van der Waals surface area contributed by atoms with Crippen LogP contribution in [0, 0.1) is 10.1 Å². The molecule has 22 heavy (non-hydrogen) atoms. The number of amides is 1. The second-order valence-electron chi connectivity index (χ2n) is 4.80. The molecular formula is C15H11BrN2O3S. The van der Waals surface area contributed by atoms with Crippen LogP contribution in [0.4, 0.5) is 11.4 Å². The van der Waals surface area contributed by atoms with Gasteiger partial charge in [-0.15, -0.1) is 11.8 Å². The molecule has 0 radical (unpaired) electrons. The monoisotopic (exact) mass is 378 g/mol. The van der Waals surface area contributed by atoms with E-state index in [2.05, 4.69) is 21.2 Å². The minimum Gasteiger partial charge on any atom is -0.319 e. The quantitative estimate of drug-likeness (QED) is 0.635. The number of carbonyl (C=O) groups excluding carboxylic acids is 1. The lowest BCUT2D eigenvalue weighted by molar-refractivity contribution is -0.383. The smallest absolute Gasteiger partial charge is 0.293 e. The normalized spacial score (nSPS) is 16.3. The Morgan fingerprint density at radius 3 is 2.68 bits per heavy atom. The van der Waals surface area contributed by atoms with Crippen LogP contribution in [0.25, 0.3) is 11.1 Å². The van der Waals surface area contributed by atoms with Crippen LogP contribution in [0.5, 0.6) is 0 Å². The number of hydrogen-bond acceptors (Lipinski definition) is 4. The SMILES string of the molecule is CSC1C(=O)Nc2c1cc(-c1ccccc1Br)cc2[N+](=O)[O-]. The lowest BCUT2D eigenvalue weighted by Crippen LogP contribution is -2.08. The number of anilines is 1. The fourth-order valence-corrected chi connectivity index (χ4v) is 3.78. The molecule has 1 aliphatic heterocycles. The molecule has 5 nitrogen and oxygen atoms in total. The van der Waals surface area contributed by atoms with E-state index in [4.69, 9.17) is 0 Å². The fourth-order valence-electron chi connectivity index (χ4n) is 2.55. The lowest BCUT2D eigenvalue weighted by atomic mass is 10.0. The van der Waals surface area contributed by atoms with Crippen LogP contribution in [0.2, 0.25) is 0 Å². The van der Waals surface area contributed by atoms with Gasteiger partial charge in [0, 0.05) is 16.1 Å². The summed E-state index contributed by atoms with van der Waals surface area (Å²) >= 11 is 4.83. The number of thioether (sulfide) groups is 1. The summed E-state index contributed by atoms with van der Waals surface area (Å²) in [5.41, 5.74) is 2.47. The Balaban J connectivity index is 2.26. The summed E-state index contributed by atoms with van der Waals surface area (Å²) in [5.74, 6) is -0.213. The standard InChI is InChI=1S/C15H11BrN2O3S/c1-22-14-10-6-8(9-4-2-3-5-11(9)16)7-12(18(20)21)13(10)17-15(14)19/h2-7,14H,1H3,(H,17,19). The van der Waals surface area contributed by atoms with Crippen LogP contribution in [0.15, 0.2) is 40.9 Å². The predicted molar refractivity (Wildman–Crippen MR) is 91.1 cm³/mol. The maximum absolute atomic E-state index is 12.0. The van der Waals surface area contributed by atoms with Crippen molar-refractivity contribution in [3.05, 3.63) is 56.5 Å². The number of nitro groups is 1. The molecule has 1 atom stereocenters. The van der Waals surface area contributed by atoms with E-state index in [0.29, 0.717) is 16.8 Å². The van der Waals surface area contributed by atoms with Crippen LogP contribution in [-0.4, -0.2) is 17.1 Å². The van der Waals surface area contributed by atoms with Gasteiger partial charge < -0.3 is 5.32 Å². The van der Waals surface area contributed by atoms with E-state index < -0.39 is 10.2 Å². The van der Waals surface area contributed by atoms with Gasteiger partial charge in [-0.25, -0.2) is 0 Å². The highest BCUT2D eigenvalue weighted by molar-refractivity contribution is 9.10. The highest BCUT2D eigenvalue weighted by atomic mass is 79.9. The van der Waals surface area contributed by atoms with Crippen molar-refractivity contribution in [3.63, 3.8) is 0 Å². The van der Waals surface area contributed by atoms with Crippen molar-refractivity contribution >= 4 is 45.0 Å². The van der Waals surface area contributed by atoms with Gasteiger partial charge in [0.15, 0.2) is 0 Å². The van der Waals surface area contributed by atoms with Crippen molar-refractivity contribution < 1.29 is 9.72 Å². The van der Waals surface area contributed by atoms with Gasteiger partial charge in [-0.1, -0.05) is 34.1 Å². The van der Waals surface area contributed by atoms with Crippen molar-refractivity contribution in [2.45, 2.75) is 5.25 Å². The minimum atomic E-state index is -0.456. The summed E-state index contributed by atoms with van der Waals surface area (Å²) in [5, 5.41) is 13.6. The first-order valence-corrected chi connectivity index (χ1v) is 8.52. The van der Waals surface area contributed by atoms with E-state index in [9.17, 15) is 14.9 Å². The van der Waals surface area contributed by atoms with Gasteiger partial charge in [0.2, 0.25) is 5.91 Å². The van der Waals surface area contributed by atoms with Gasteiger partial charge in [-0.05, 0) is 29.5 Å². The Morgan fingerprint density at radius 2 is 2.05 bits per heavy atom. The van der Waals surface area contributed by atoms with E-state index in [1.54, 1.807) is 0 Å². The van der Waals surface area contributed by atoms with E-state index >= 15 is 0 Å². The molecule has 0 fully saturated rings. The Labute approximate surface area is 139 Å². The molecule has 2 aromatic rings. The molecular weight excluding hydrogens is 368 g/mol. The maximum atomic E-state index is 12.0. The van der Waals surface area contributed by atoms with Crippen LogP contribution < -0.4 is 5.32 Å². The second kappa shape index (κ2) is 5.73. The highest BCUT2D eigenvalue weighted by Crippen LogP contribution is 2.46. The molecule has 0 spiro atoms. The number of nitrogens with one attached hydrogen (secondary N) is 1.